The number of imidazole rings is 1. The molecular weight excluding hydrogens is 425 g/mol. The van der Waals surface area contributed by atoms with Crippen LogP contribution in [0.5, 0.6) is 0 Å². The molecule has 4 aromatic rings. The lowest BCUT2D eigenvalue weighted by atomic mass is 9.93. The van der Waals surface area contributed by atoms with Crippen molar-refractivity contribution in [2.45, 2.75) is 32.2 Å². The van der Waals surface area contributed by atoms with Crippen LogP contribution in [0.3, 0.4) is 0 Å². The third-order valence-electron chi connectivity index (χ3n) is 6.16. The van der Waals surface area contributed by atoms with Crippen LogP contribution in [0.1, 0.15) is 46.1 Å². The molecule has 1 saturated heterocycles. The molecule has 2 aromatic heterocycles. The van der Waals surface area contributed by atoms with Gasteiger partial charge in [-0.05, 0) is 68.2 Å². The number of amides is 1. The molecule has 9 heteroatoms. The molecule has 8 nitrogen and oxygen atoms in total. The number of nitrogens with one attached hydrogen (secondary N) is 3. The number of H-pyrrole nitrogens is 2. The number of aromatic nitrogens is 3. The molecule has 0 saturated carbocycles. The van der Waals surface area contributed by atoms with Gasteiger partial charge in [0.15, 0.2) is 0 Å². The minimum Gasteiger partial charge on any atom is -0.351 e. The maximum atomic E-state index is 13.4. The van der Waals surface area contributed by atoms with E-state index in [0.29, 0.717) is 23.3 Å². The molecule has 0 aliphatic carbocycles. The first kappa shape index (κ1) is 21.1. The Morgan fingerprint density at radius 3 is 2.70 bits per heavy atom. The van der Waals surface area contributed by atoms with Crippen LogP contribution in [0.15, 0.2) is 51.8 Å². The lowest BCUT2D eigenvalue weighted by Gasteiger charge is -2.31. The van der Waals surface area contributed by atoms with E-state index in [0.717, 1.165) is 42.8 Å². The summed E-state index contributed by atoms with van der Waals surface area (Å²) in [5.74, 6) is -0.249. The summed E-state index contributed by atoms with van der Waals surface area (Å²) in [5, 5.41) is 6.98. The molecule has 3 N–H and O–H groups in total. The SMILES string of the molecule is Cc1cc2[nH]c(=O)[nH]c2cc1NC(=O)c1cc(C2CCN(Cc3cccc(F)c3)CC2)no1. The minimum absolute atomic E-state index is 0.147. The number of anilines is 1. The number of carbonyl (C=O) groups excluding carboxylic acids is 1. The Morgan fingerprint density at radius 1 is 1.18 bits per heavy atom. The maximum absolute atomic E-state index is 13.4. The third kappa shape index (κ3) is 4.58. The van der Waals surface area contributed by atoms with Crippen LogP contribution in [0.4, 0.5) is 10.1 Å². The fourth-order valence-corrected chi connectivity index (χ4v) is 4.38. The largest absolute Gasteiger partial charge is 0.351 e. The quantitative estimate of drug-likeness (QED) is 0.428. The number of fused-ring (bicyclic) bond motifs is 1. The highest BCUT2D eigenvalue weighted by atomic mass is 19.1. The lowest BCUT2D eigenvalue weighted by Crippen LogP contribution is -2.32. The first-order valence-corrected chi connectivity index (χ1v) is 10.9. The van der Waals surface area contributed by atoms with Crippen LogP contribution in [-0.2, 0) is 6.54 Å². The van der Waals surface area contributed by atoms with Crippen LogP contribution in [-0.4, -0.2) is 39.0 Å². The number of hydrogen-bond donors (Lipinski definition) is 3. The molecule has 0 unspecified atom stereocenters. The van der Waals surface area contributed by atoms with Crippen molar-refractivity contribution in [2.24, 2.45) is 0 Å². The molecule has 0 bridgehead atoms. The summed E-state index contributed by atoms with van der Waals surface area (Å²) in [4.78, 5) is 31.9. The predicted molar refractivity (Wildman–Crippen MR) is 122 cm³/mol. The van der Waals surface area contributed by atoms with Crippen molar-refractivity contribution in [3.8, 4) is 0 Å². The van der Waals surface area contributed by atoms with Gasteiger partial charge in [-0.1, -0.05) is 17.3 Å². The molecule has 1 fully saturated rings. The van der Waals surface area contributed by atoms with E-state index in [1.54, 1.807) is 30.3 Å². The number of rotatable bonds is 5. The molecule has 1 aliphatic rings. The van der Waals surface area contributed by atoms with Crippen LogP contribution < -0.4 is 11.0 Å². The van der Waals surface area contributed by atoms with E-state index in [9.17, 15) is 14.0 Å². The number of piperidine rings is 1. The predicted octanol–water partition coefficient (Wildman–Crippen LogP) is 3.92. The van der Waals surface area contributed by atoms with Gasteiger partial charge in [0.05, 0.1) is 16.7 Å². The van der Waals surface area contributed by atoms with Crippen molar-refractivity contribution in [3.05, 3.63) is 81.3 Å². The van der Waals surface area contributed by atoms with Gasteiger partial charge < -0.3 is 19.8 Å². The van der Waals surface area contributed by atoms with Gasteiger partial charge in [0.25, 0.3) is 5.91 Å². The van der Waals surface area contributed by atoms with Crippen molar-refractivity contribution >= 4 is 22.6 Å². The average molecular weight is 449 g/mol. The zero-order chi connectivity index (χ0) is 22.9. The van der Waals surface area contributed by atoms with E-state index in [4.69, 9.17) is 4.52 Å². The Morgan fingerprint density at radius 2 is 1.94 bits per heavy atom. The van der Waals surface area contributed by atoms with Crippen LogP contribution in [0.2, 0.25) is 0 Å². The number of nitrogens with zero attached hydrogens (tertiary/aromatic N) is 2. The van der Waals surface area contributed by atoms with Gasteiger partial charge in [0.1, 0.15) is 5.82 Å². The zero-order valence-electron chi connectivity index (χ0n) is 18.2. The molecule has 1 aliphatic heterocycles. The summed E-state index contributed by atoms with van der Waals surface area (Å²) >= 11 is 0. The fourth-order valence-electron chi connectivity index (χ4n) is 4.38. The van der Waals surface area contributed by atoms with Crippen LogP contribution in [0.25, 0.3) is 11.0 Å². The summed E-state index contributed by atoms with van der Waals surface area (Å²) in [6, 6.07) is 11.9. The first-order chi connectivity index (χ1) is 15.9. The summed E-state index contributed by atoms with van der Waals surface area (Å²) < 4.78 is 18.8. The maximum Gasteiger partial charge on any atom is 0.323 e. The molecule has 3 heterocycles. The molecule has 5 rings (SSSR count). The van der Waals surface area contributed by atoms with Crippen molar-refractivity contribution < 1.29 is 13.7 Å². The molecular formula is C24H24FN5O3. The van der Waals surface area contributed by atoms with E-state index >= 15 is 0 Å². The van der Waals surface area contributed by atoms with Crippen molar-refractivity contribution in [1.29, 1.82) is 0 Å². The normalized spacial score (nSPS) is 15.2. The van der Waals surface area contributed by atoms with Crippen LogP contribution in [0, 0.1) is 12.7 Å². The zero-order valence-corrected chi connectivity index (χ0v) is 18.2. The molecule has 2 aromatic carbocycles. The van der Waals surface area contributed by atoms with E-state index in [-0.39, 0.29) is 23.2 Å². The number of benzene rings is 2. The van der Waals surface area contributed by atoms with Gasteiger partial charge in [-0.25, -0.2) is 9.18 Å². The number of likely N-dealkylation sites (tertiary alicyclic amines) is 1. The van der Waals surface area contributed by atoms with Crippen molar-refractivity contribution in [1.82, 2.24) is 20.0 Å². The van der Waals surface area contributed by atoms with Gasteiger partial charge in [0, 0.05) is 24.2 Å². The highest BCUT2D eigenvalue weighted by Gasteiger charge is 2.25. The van der Waals surface area contributed by atoms with Gasteiger partial charge in [-0.2, -0.15) is 0 Å². The summed E-state index contributed by atoms with van der Waals surface area (Å²) in [7, 11) is 0. The monoisotopic (exact) mass is 449 g/mol. The number of halogens is 1. The smallest absolute Gasteiger partial charge is 0.323 e. The van der Waals surface area contributed by atoms with E-state index in [1.165, 1.54) is 6.07 Å². The fraction of sp³-hybridized carbons (Fsp3) is 0.292. The molecule has 0 spiro atoms. The second kappa shape index (κ2) is 8.67. The highest BCUT2D eigenvalue weighted by Crippen LogP contribution is 2.29. The van der Waals surface area contributed by atoms with E-state index in [1.807, 2.05) is 13.0 Å². The Kier molecular flexibility index (Phi) is 5.55. The Hall–Kier alpha value is -3.72. The first-order valence-electron chi connectivity index (χ1n) is 10.9. The Bertz CT molecular complexity index is 1360. The third-order valence-corrected chi connectivity index (χ3v) is 6.16. The lowest BCUT2D eigenvalue weighted by molar-refractivity contribution is 0.0987. The number of aromatic amines is 2. The summed E-state index contributed by atoms with van der Waals surface area (Å²) in [5.41, 5.74) is 4.14. The molecule has 33 heavy (non-hydrogen) atoms. The van der Waals surface area contributed by atoms with Gasteiger partial charge in [-0.15, -0.1) is 0 Å². The molecule has 0 atom stereocenters. The number of aryl methyl sites for hydroxylation is 1. The Balaban J connectivity index is 1.21. The van der Waals surface area contributed by atoms with Crippen LogP contribution >= 0.6 is 0 Å². The summed E-state index contributed by atoms with van der Waals surface area (Å²) in [6.07, 6.45) is 1.78. The average Bonchev–Trinajstić information content (AvgIpc) is 3.41. The molecule has 0 radical (unpaired) electrons. The highest BCUT2D eigenvalue weighted by molar-refractivity contribution is 6.03. The second-order valence-corrected chi connectivity index (χ2v) is 8.54. The second-order valence-electron chi connectivity index (χ2n) is 8.54. The van der Waals surface area contributed by atoms with Gasteiger partial charge in [-0.3, -0.25) is 9.69 Å². The van der Waals surface area contributed by atoms with Gasteiger partial charge in [0.2, 0.25) is 5.76 Å². The summed E-state index contributed by atoms with van der Waals surface area (Å²) in [6.45, 7) is 4.30. The standard InChI is InChI=1S/C24H24FN5O3/c1-14-9-20-21(28-24(32)27-20)11-18(14)26-23(31)22-12-19(29-33-22)16-5-7-30(8-6-16)13-15-3-2-4-17(25)10-15/h2-4,9-12,16H,5-8,13H2,1H3,(H,26,31)(H2,27,28,32). The molecule has 170 valence electrons. The van der Waals surface area contributed by atoms with Crippen molar-refractivity contribution in [2.75, 3.05) is 18.4 Å². The van der Waals surface area contributed by atoms with E-state index < -0.39 is 5.91 Å². The minimum atomic E-state index is -0.391. The number of hydrogen-bond acceptors (Lipinski definition) is 5. The molecule has 1 amide bonds. The van der Waals surface area contributed by atoms with E-state index in [2.05, 4.69) is 25.3 Å². The van der Waals surface area contributed by atoms with Crippen molar-refractivity contribution in [3.63, 3.8) is 0 Å². The number of carbonyl (C=O) groups is 1. The van der Waals surface area contributed by atoms with Gasteiger partial charge >= 0.3 is 5.69 Å². The Labute approximate surface area is 188 Å². The topological polar surface area (TPSA) is 107 Å².